The predicted molar refractivity (Wildman–Crippen MR) is 92.4 cm³/mol. The number of anilines is 1. The van der Waals surface area contributed by atoms with Gasteiger partial charge in [-0.05, 0) is 18.2 Å². The average Bonchev–Trinajstić information content (AvgIpc) is 3.11. The van der Waals surface area contributed by atoms with E-state index in [2.05, 4.69) is 15.5 Å². The zero-order valence-electron chi connectivity index (χ0n) is 13.3. The molecular weight excluding hydrogens is 382 g/mol. The van der Waals surface area contributed by atoms with Gasteiger partial charge in [-0.2, -0.15) is 0 Å². The molecule has 2 aromatic carbocycles. The number of carbonyl (C=O) groups excluding carboxylic acids is 1. The Hall–Kier alpha value is -3.47. The standard InChI is InChI=1S/C16H10F2N4O4S/c17-13(18)15-20-21-16(27-15)19-14(23)11-8-9(22(24)25)6-7-12(11)26-10-4-2-1-3-5-10/h1-8,13H,(H,19,21,23). The van der Waals surface area contributed by atoms with E-state index in [0.29, 0.717) is 17.1 Å². The van der Waals surface area contributed by atoms with Gasteiger partial charge in [0.25, 0.3) is 18.0 Å². The highest BCUT2D eigenvalue weighted by atomic mass is 32.1. The zero-order valence-corrected chi connectivity index (χ0v) is 14.2. The number of nitro benzene ring substituents is 1. The molecule has 0 aliphatic rings. The van der Waals surface area contributed by atoms with Crippen molar-refractivity contribution in [3.8, 4) is 11.5 Å². The van der Waals surface area contributed by atoms with Crippen LogP contribution in [0, 0.1) is 10.1 Å². The second-order valence-electron chi connectivity index (χ2n) is 5.05. The fourth-order valence-electron chi connectivity index (χ4n) is 2.05. The summed E-state index contributed by atoms with van der Waals surface area (Å²) in [5, 5.41) is 19.3. The number of hydrogen-bond acceptors (Lipinski definition) is 7. The van der Waals surface area contributed by atoms with Gasteiger partial charge in [0.2, 0.25) is 5.13 Å². The Morgan fingerprint density at radius 3 is 2.56 bits per heavy atom. The van der Waals surface area contributed by atoms with E-state index in [1.807, 2.05) is 0 Å². The summed E-state index contributed by atoms with van der Waals surface area (Å²) in [7, 11) is 0. The lowest BCUT2D eigenvalue weighted by atomic mass is 10.1. The molecule has 27 heavy (non-hydrogen) atoms. The molecule has 1 aromatic heterocycles. The van der Waals surface area contributed by atoms with Gasteiger partial charge in [0, 0.05) is 12.1 Å². The SMILES string of the molecule is O=C(Nc1nnc(C(F)F)s1)c1cc([N+](=O)[O-])ccc1Oc1ccccc1. The van der Waals surface area contributed by atoms with Crippen molar-refractivity contribution in [2.75, 3.05) is 5.32 Å². The van der Waals surface area contributed by atoms with Crippen LogP contribution < -0.4 is 10.1 Å². The van der Waals surface area contributed by atoms with Crippen LogP contribution in [0.15, 0.2) is 48.5 Å². The number of non-ortho nitro benzene ring substituents is 1. The molecule has 11 heteroatoms. The lowest BCUT2D eigenvalue weighted by molar-refractivity contribution is -0.384. The molecule has 0 aliphatic heterocycles. The minimum Gasteiger partial charge on any atom is -0.457 e. The molecule has 0 radical (unpaired) electrons. The van der Waals surface area contributed by atoms with Gasteiger partial charge >= 0.3 is 0 Å². The van der Waals surface area contributed by atoms with Crippen LogP contribution >= 0.6 is 11.3 Å². The first-order chi connectivity index (χ1) is 12.9. The van der Waals surface area contributed by atoms with Gasteiger partial charge in [-0.25, -0.2) is 8.78 Å². The van der Waals surface area contributed by atoms with Crippen LogP contribution in [-0.2, 0) is 0 Å². The fourth-order valence-corrected chi connectivity index (χ4v) is 2.65. The van der Waals surface area contributed by atoms with E-state index in [-0.39, 0.29) is 22.1 Å². The van der Waals surface area contributed by atoms with Crippen LogP contribution in [-0.4, -0.2) is 21.0 Å². The molecule has 0 spiro atoms. The van der Waals surface area contributed by atoms with E-state index in [0.717, 1.165) is 6.07 Å². The normalized spacial score (nSPS) is 10.6. The van der Waals surface area contributed by atoms with Crippen LogP contribution in [0.25, 0.3) is 0 Å². The van der Waals surface area contributed by atoms with Gasteiger partial charge < -0.3 is 4.74 Å². The summed E-state index contributed by atoms with van der Waals surface area (Å²) in [6, 6.07) is 12.0. The smallest absolute Gasteiger partial charge is 0.291 e. The number of nitrogens with one attached hydrogen (secondary N) is 1. The van der Waals surface area contributed by atoms with Gasteiger partial charge in [0.15, 0.2) is 5.01 Å². The third-order valence-electron chi connectivity index (χ3n) is 3.24. The number of halogens is 2. The highest BCUT2D eigenvalue weighted by Crippen LogP contribution is 2.30. The maximum atomic E-state index is 12.6. The molecule has 138 valence electrons. The van der Waals surface area contributed by atoms with Crippen LogP contribution in [0.2, 0.25) is 0 Å². The minimum absolute atomic E-state index is 0.0582. The van der Waals surface area contributed by atoms with E-state index in [4.69, 9.17) is 4.74 Å². The van der Waals surface area contributed by atoms with Gasteiger partial charge in [-0.15, -0.1) is 10.2 Å². The number of para-hydroxylation sites is 1. The maximum absolute atomic E-state index is 12.6. The van der Waals surface area contributed by atoms with Crippen molar-refractivity contribution < 1.29 is 23.2 Å². The number of amides is 1. The number of alkyl halides is 2. The Bertz CT molecular complexity index is 982. The third kappa shape index (κ3) is 4.39. The average molecular weight is 392 g/mol. The second-order valence-corrected chi connectivity index (χ2v) is 6.06. The molecule has 0 fully saturated rings. The quantitative estimate of drug-likeness (QED) is 0.491. The Morgan fingerprint density at radius 2 is 1.93 bits per heavy atom. The molecule has 8 nitrogen and oxygen atoms in total. The Kier molecular flexibility index (Phi) is 5.31. The fraction of sp³-hybridized carbons (Fsp3) is 0.0625. The zero-order chi connectivity index (χ0) is 19.4. The Balaban J connectivity index is 1.91. The topological polar surface area (TPSA) is 107 Å². The van der Waals surface area contributed by atoms with Crippen molar-refractivity contribution in [1.82, 2.24) is 10.2 Å². The van der Waals surface area contributed by atoms with Crippen LogP contribution in [0.4, 0.5) is 19.6 Å². The summed E-state index contributed by atoms with van der Waals surface area (Å²) in [6.45, 7) is 0. The molecule has 3 aromatic rings. The summed E-state index contributed by atoms with van der Waals surface area (Å²) >= 11 is 0.505. The molecule has 0 aliphatic carbocycles. The largest absolute Gasteiger partial charge is 0.457 e. The number of rotatable bonds is 6. The Morgan fingerprint density at radius 1 is 1.19 bits per heavy atom. The van der Waals surface area contributed by atoms with Crippen molar-refractivity contribution in [3.05, 3.63) is 69.2 Å². The number of nitro groups is 1. The molecule has 1 amide bonds. The first-order valence-electron chi connectivity index (χ1n) is 7.38. The van der Waals surface area contributed by atoms with Crippen molar-refractivity contribution in [3.63, 3.8) is 0 Å². The molecule has 0 saturated carbocycles. The molecule has 0 bridgehead atoms. The lowest BCUT2D eigenvalue weighted by Gasteiger charge is -2.10. The first-order valence-corrected chi connectivity index (χ1v) is 8.20. The Labute approximate surface area is 154 Å². The lowest BCUT2D eigenvalue weighted by Crippen LogP contribution is -2.13. The molecule has 3 rings (SSSR count). The van der Waals surface area contributed by atoms with E-state index in [9.17, 15) is 23.7 Å². The van der Waals surface area contributed by atoms with Crippen LogP contribution in [0.3, 0.4) is 0 Å². The molecule has 0 atom stereocenters. The van der Waals surface area contributed by atoms with E-state index >= 15 is 0 Å². The molecule has 0 saturated heterocycles. The van der Waals surface area contributed by atoms with Crippen LogP contribution in [0.5, 0.6) is 11.5 Å². The number of nitrogens with zero attached hydrogens (tertiary/aromatic N) is 3. The van der Waals surface area contributed by atoms with Gasteiger partial charge in [-0.1, -0.05) is 29.5 Å². The van der Waals surface area contributed by atoms with Crippen molar-refractivity contribution >= 4 is 28.1 Å². The minimum atomic E-state index is -2.82. The van der Waals surface area contributed by atoms with Gasteiger partial charge in [0.05, 0.1) is 10.5 Å². The summed E-state index contributed by atoms with van der Waals surface area (Å²) < 4.78 is 30.8. The highest BCUT2D eigenvalue weighted by Gasteiger charge is 2.21. The van der Waals surface area contributed by atoms with Gasteiger partial charge in [-0.3, -0.25) is 20.2 Å². The monoisotopic (exact) mass is 392 g/mol. The number of aromatic nitrogens is 2. The van der Waals surface area contributed by atoms with E-state index in [1.54, 1.807) is 30.3 Å². The van der Waals surface area contributed by atoms with E-state index in [1.165, 1.54) is 12.1 Å². The van der Waals surface area contributed by atoms with Crippen LogP contribution in [0.1, 0.15) is 21.8 Å². The second kappa shape index (κ2) is 7.83. The number of benzene rings is 2. The molecule has 1 N–H and O–H groups in total. The number of carbonyl (C=O) groups is 1. The summed E-state index contributed by atoms with van der Waals surface area (Å²) in [5.74, 6) is -0.333. The first kappa shape index (κ1) is 18.3. The number of hydrogen-bond donors (Lipinski definition) is 1. The van der Waals surface area contributed by atoms with Crippen molar-refractivity contribution in [2.45, 2.75) is 6.43 Å². The summed E-state index contributed by atoms with van der Waals surface area (Å²) in [4.78, 5) is 22.9. The number of ether oxygens (including phenoxy) is 1. The maximum Gasteiger partial charge on any atom is 0.291 e. The van der Waals surface area contributed by atoms with Gasteiger partial charge in [0.1, 0.15) is 11.5 Å². The molecule has 1 heterocycles. The third-order valence-corrected chi connectivity index (χ3v) is 4.08. The van der Waals surface area contributed by atoms with E-state index < -0.39 is 22.3 Å². The van der Waals surface area contributed by atoms with Crippen molar-refractivity contribution in [1.29, 1.82) is 0 Å². The van der Waals surface area contributed by atoms with Crippen molar-refractivity contribution in [2.24, 2.45) is 0 Å². The molecular formula is C16H10F2N4O4S. The predicted octanol–water partition coefficient (Wildman–Crippen LogP) is 4.43. The molecule has 0 unspecified atom stereocenters. The summed E-state index contributed by atoms with van der Waals surface area (Å²) in [6.07, 6.45) is -2.82. The summed E-state index contributed by atoms with van der Waals surface area (Å²) in [5.41, 5.74) is -0.479. The highest BCUT2D eigenvalue weighted by molar-refractivity contribution is 7.15.